The molecular formula is C13H17NO. The molecule has 0 aromatic heterocycles. The molecule has 1 aliphatic heterocycles. The predicted octanol–water partition coefficient (Wildman–Crippen LogP) is 2.38. The molecule has 0 bridgehead atoms. The van der Waals surface area contributed by atoms with Gasteiger partial charge in [-0.3, -0.25) is 0 Å². The van der Waals surface area contributed by atoms with Crippen LogP contribution in [0, 0.1) is 0 Å². The second-order valence-electron chi connectivity index (χ2n) is 3.80. The molecule has 2 heteroatoms. The molecule has 1 aliphatic rings. The number of rotatable bonds is 2. The third-order valence-corrected chi connectivity index (χ3v) is 2.69. The van der Waals surface area contributed by atoms with Crippen molar-refractivity contribution in [1.29, 1.82) is 0 Å². The van der Waals surface area contributed by atoms with E-state index in [0.29, 0.717) is 0 Å². The Labute approximate surface area is 91.2 Å². The molecule has 80 valence electrons. The summed E-state index contributed by atoms with van der Waals surface area (Å²) in [5.41, 5.74) is 2.59. The van der Waals surface area contributed by atoms with E-state index in [4.69, 9.17) is 4.74 Å². The van der Waals surface area contributed by atoms with Crippen molar-refractivity contribution in [3.8, 4) is 0 Å². The number of nitrogens with zero attached hydrogens (tertiary/aromatic N) is 1. The topological polar surface area (TPSA) is 12.5 Å². The van der Waals surface area contributed by atoms with Gasteiger partial charge in [-0.2, -0.15) is 0 Å². The van der Waals surface area contributed by atoms with Gasteiger partial charge >= 0.3 is 0 Å². The summed E-state index contributed by atoms with van der Waals surface area (Å²) >= 11 is 0. The molecule has 1 aromatic rings. The normalized spacial score (nSPS) is 17.9. The molecule has 1 aromatic carbocycles. The number of morpholine rings is 1. The highest BCUT2D eigenvalue weighted by atomic mass is 16.5. The summed E-state index contributed by atoms with van der Waals surface area (Å²) in [5.74, 6) is 0. The lowest BCUT2D eigenvalue weighted by atomic mass is 10.2. The Kier molecular flexibility index (Phi) is 3.41. The van der Waals surface area contributed by atoms with Gasteiger partial charge in [-0.25, -0.2) is 0 Å². The molecule has 15 heavy (non-hydrogen) atoms. The Morgan fingerprint density at radius 3 is 2.53 bits per heavy atom. The van der Waals surface area contributed by atoms with Gasteiger partial charge in [0, 0.05) is 18.8 Å². The standard InChI is InChI=1S/C13H17NO/c1-12(14-7-9-15-10-8-14)11-13-5-3-2-4-6-13/h2-6,11H,7-10H2,1H3. The quantitative estimate of drug-likeness (QED) is 0.731. The summed E-state index contributed by atoms with van der Waals surface area (Å²) in [4.78, 5) is 2.37. The second-order valence-corrected chi connectivity index (χ2v) is 3.80. The van der Waals surface area contributed by atoms with Gasteiger partial charge < -0.3 is 9.64 Å². The van der Waals surface area contributed by atoms with E-state index in [1.165, 1.54) is 11.3 Å². The van der Waals surface area contributed by atoms with Crippen molar-refractivity contribution < 1.29 is 4.74 Å². The van der Waals surface area contributed by atoms with Crippen LogP contribution in [0.3, 0.4) is 0 Å². The fraction of sp³-hybridized carbons (Fsp3) is 0.385. The number of ether oxygens (including phenoxy) is 1. The first kappa shape index (κ1) is 10.2. The van der Waals surface area contributed by atoms with Crippen molar-refractivity contribution in [2.24, 2.45) is 0 Å². The Morgan fingerprint density at radius 2 is 1.87 bits per heavy atom. The van der Waals surface area contributed by atoms with E-state index < -0.39 is 0 Å². The van der Waals surface area contributed by atoms with Gasteiger partial charge in [0.2, 0.25) is 0 Å². The van der Waals surface area contributed by atoms with Crippen molar-refractivity contribution in [2.75, 3.05) is 26.3 Å². The number of hydrogen-bond donors (Lipinski definition) is 0. The van der Waals surface area contributed by atoms with Gasteiger partial charge in [0.1, 0.15) is 0 Å². The summed E-state index contributed by atoms with van der Waals surface area (Å²) in [6, 6.07) is 10.4. The fourth-order valence-electron chi connectivity index (χ4n) is 1.80. The van der Waals surface area contributed by atoms with Gasteiger partial charge in [0.25, 0.3) is 0 Å². The predicted molar refractivity (Wildman–Crippen MR) is 62.5 cm³/mol. The van der Waals surface area contributed by atoms with Crippen molar-refractivity contribution >= 4 is 6.08 Å². The first-order valence-electron chi connectivity index (χ1n) is 5.42. The molecule has 0 saturated carbocycles. The molecule has 1 fully saturated rings. The van der Waals surface area contributed by atoms with E-state index in [1.54, 1.807) is 0 Å². The Bertz CT molecular complexity index is 326. The second kappa shape index (κ2) is 4.99. The molecule has 0 spiro atoms. The third-order valence-electron chi connectivity index (χ3n) is 2.69. The number of allylic oxidation sites excluding steroid dienone is 1. The summed E-state index contributed by atoms with van der Waals surface area (Å²) in [6.07, 6.45) is 2.23. The summed E-state index contributed by atoms with van der Waals surface area (Å²) < 4.78 is 5.33. The third kappa shape index (κ3) is 2.83. The zero-order valence-electron chi connectivity index (χ0n) is 9.15. The monoisotopic (exact) mass is 203 g/mol. The molecular weight excluding hydrogens is 186 g/mol. The first-order valence-corrected chi connectivity index (χ1v) is 5.42. The number of hydrogen-bond acceptors (Lipinski definition) is 2. The van der Waals surface area contributed by atoms with E-state index in [2.05, 4.69) is 42.2 Å². The van der Waals surface area contributed by atoms with Gasteiger partial charge in [0.15, 0.2) is 0 Å². The van der Waals surface area contributed by atoms with Gasteiger partial charge in [0.05, 0.1) is 13.2 Å². The van der Waals surface area contributed by atoms with Crippen LogP contribution < -0.4 is 0 Å². The average Bonchev–Trinajstić information content (AvgIpc) is 2.31. The minimum absolute atomic E-state index is 0.847. The highest BCUT2D eigenvalue weighted by molar-refractivity contribution is 5.51. The minimum atomic E-state index is 0.847. The van der Waals surface area contributed by atoms with Crippen LogP contribution in [0.25, 0.3) is 6.08 Å². The molecule has 2 rings (SSSR count). The van der Waals surface area contributed by atoms with E-state index in [-0.39, 0.29) is 0 Å². The largest absolute Gasteiger partial charge is 0.378 e. The van der Waals surface area contributed by atoms with Crippen LogP contribution >= 0.6 is 0 Å². The van der Waals surface area contributed by atoms with Gasteiger partial charge in [-0.05, 0) is 18.6 Å². The van der Waals surface area contributed by atoms with E-state index in [9.17, 15) is 0 Å². The maximum atomic E-state index is 5.33. The smallest absolute Gasteiger partial charge is 0.0642 e. The van der Waals surface area contributed by atoms with Crippen LogP contribution in [0.4, 0.5) is 0 Å². The van der Waals surface area contributed by atoms with Crippen molar-refractivity contribution in [1.82, 2.24) is 4.90 Å². The Hall–Kier alpha value is -1.28. The van der Waals surface area contributed by atoms with E-state index >= 15 is 0 Å². The summed E-state index contributed by atoms with van der Waals surface area (Å²) in [5, 5.41) is 0. The fourth-order valence-corrected chi connectivity index (χ4v) is 1.80. The molecule has 0 radical (unpaired) electrons. The Balaban J connectivity index is 2.06. The maximum Gasteiger partial charge on any atom is 0.0642 e. The Morgan fingerprint density at radius 1 is 1.20 bits per heavy atom. The van der Waals surface area contributed by atoms with Crippen molar-refractivity contribution in [3.05, 3.63) is 41.6 Å². The summed E-state index contributed by atoms with van der Waals surface area (Å²) in [7, 11) is 0. The lowest BCUT2D eigenvalue weighted by Crippen LogP contribution is -2.34. The van der Waals surface area contributed by atoms with Crippen LogP contribution in [0.1, 0.15) is 12.5 Å². The molecule has 2 nitrogen and oxygen atoms in total. The molecule has 0 atom stereocenters. The maximum absolute atomic E-state index is 5.33. The molecule has 1 saturated heterocycles. The van der Waals surface area contributed by atoms with E-state index in [0.717, 1.165) is 26.3 Å². The molecule has 0 unspecified atom stereocenters. The van der Waals surface area contributed by atoms with Crippen LogP contribution in [0.15, 0.2) is 36.0 Å². The molecule has 0 amide bonds. The van der Waals surface area contributed by atoms with Crippen LogP contribution in [0.2, 0.25) is 0 Å². The lowest BCUT2D eigenvalue weighted by molar-refractivity contribution is 0.0542. The van der Waals surface area contributed by atoms with Crippen molar-refractivity contribution in [2.45, 2.75) is 6.92 Å². The number of benzene rings is 1. The van der Waals surface area contributed by atoms with E-state index in [1.807, 2.05) is 6.07 Å². The lowest BCUT2D eigenvalue weighted by Gasteiger charge is -2.29. The molecule has 1 heterocycles. The molecule has 0 aliphatic carbocycles. The average molecular weight is 203 g/mol. The van der Waals surface area contributed by atoms with Crippen molar-refractivity contribution in [3.63, 3.8) is 0 Å². The van der Waals surface area contributed by atoms with Gasteiger partial charge in [-0.1, -0.05) is 30.3 Å². The van der Waals surface area contributed by atoms with Crippen LogP contribution in [-0.4, -0.2) is 31.2 Å². The van der Waals surface area contributed by atoms with Gasteiger partial charge in [-0.15, -0.1) is 0 Å². The SMILES string of the molecule is CC(=Cc1ccccc1)N1CCOCC1. The van der Waals surface area contributed by atoms with Crippen LogP contribution in [0.5, 0.6) is 0 Å². The highest BCUT2D eigenvalue weighted by Gasteiger charge is 2.09. The minimum Gasteiger partial charge on any atom is -0.378 e. The summed E-state index contributed by atoms with van der Waals surface area (Å²) in [6.45, 7) is 5.88. The van der Waals surface area contributed by atoms with Crippen LogP contribution in [-0.2, 0) is 4.74 Å². The first-order chi connectivity index (χ1) is 7.36. The zero-order chi connectivity index (χ0) is 10.5. The zero-order valence-corrected chi connectivity index (χ0v) is 9.15. The molecule has 0 N–H and O–H groups in total. The highest BCUT2D eigenvalue weighted by Crippen LogP contribution is 2.11.